The summed E-state index contributed by atoms with van der Waals surface area (Å²) in [6.07, 6.45) is 5.13. The molecule has 7 heteroatoms. The molecule has 1 aromatic heterocycles. The molecule has 18 heavy (non-hydrogen) atoms. The van der Waals surface area contributed by atoms with Crippen LogP contribution in [0.5, 0.6) is 0 Å². The lowest BCUT2D eigenvalue weighted by Gasteiger charge is -2.41. The first-order valence-electron chi connectivity index (χ1n) is 5.85. The summed E-state index contributed by atoms with van der Waals surface area (Å²) in [5.74, 6) is -0.968. The van der Waals surface area contributed by atoms with Crippen molar-refractivity contribution in [3.63, 3.8) is 0 Å². The van der Waals surface area contributed by atoms with Gasteiger partial charge in [-0.3, -0.25) is 5.10 Å². The number of carbonyl (C=O) groups excluding carboxylic acids is 1. The second kappa shape index (κ2) is 4.67. The van der Waals surface area contributed by atoms with E-state index in [1.54, 1.807) is 13.1 Å². The number of rotatable bonds is 2. The first kappa shape index (κ1) is 12.4. The van der Waals surface area contributed by atoms with Gasteiger partial charge in [0, 0.05) is 12.7 Å². The van der Waals surface area contributed by atoms with E-state index in [1.165, 1.54) is 11.1 Å². The standard InChI is InChI=1S/C11H16N4O3/c1-11(9(16)17)4-2-3-5-15(11)10(18)14-8-6-12-13-7-8/h6-7H,2-5H2,1H3,(H,12,13)(H,14,18)(H,16,17). The number of aliphatic carboxylic acids is 1. The highest BCUT2D eigenvalue weighted by Gasteiger charge is 2.44. The Kier molecular flexibility index (Phi) is 3.22. The fraction of sp³-hybridized carbons (Fsp3) is 0.545. The van der Waals surface area contributed by atoms with Gasteiger partial charge in [-0.2, -0.15) is 5.10 Å². The van der Waals surface area contributed by atoms with Gasteiger partial charge in [0.2, 0.25) is 0 Å². The molecule has 1 unspecified atom stereocenters. The number of likely N-dealkylation sites (tertiary alicyclic amines) is 1. The third-order valence-corrected chi connectivity index (χ3v) is 3.35. The van der Waals surface area contributed by atoms with Gasteiger partial charge < -0.3 is 15.3 Å². The largest absolute Gasteiger partial charge is 0.480 e. The third-order valence-electron chi connectivity index (χ3n) is 3.35. The summed E-state index contributed by atoms with van der Waals surface area (Å²) >= 11 is 0. The molecule has 1 fully saturated rings. The number of carboxylic acid groups (broad SMARTS) is 1. The van der Waals surface area contributed by atoms with Crippen LogP contribution in [0.1, 0.15) is 26.2 Å². The van der Waals surface area contributed by atoms with Crippen LogP contribution in [0.25, 0.3) is 0 Å². The second-order valence-electron chi connectivity index (χ2n) is 4.60. The molecule has 0 bridgehead atoms. The van der Waals surface area contributed by atoms with E-state index in [4.69, 9.17) is 0 Å². The molecule has 1 aliphatic rings. The van der Waals surface area contributed by atoms with Crippen LogP contribution in [0.15, 0.2) is 12.4 Å². The highest BCUT2D eigenvalue weighted by molar-refractivity contribution is 5.93. The molecule has 0 spiro atoms. The number of carboxylic acids is 1. The van der Waals surface area contributed by atoms with E-state index in [0.717, 1.165) is 12.8 Å². The Morgan fingerprint density at radius 1 is 1.56 bits per heavy atom. The molecule has 1 atom stereocenters. The molecule has 2 amide bonds. The summed E-state index contributed by atoms with van der Waals surface area (Å²) in [5.41, 5.74) is -0.607. The average molecular weight is 252 g/mol. The highest BCUT2D eigenvalue weighted by atomic mass is 16.4. The SMILES string of the molecule is CC1(C(=O)O)CCCCN1C(=O)Nc1cn[nH]c1. The molecule has 0 aliphatic carbocycles. The molecular weight excluding hydrogens is 236 g/mol. The number of piperidine rings is 1. The molecule has 98 valence electrons. The molecular formula is C11H16N4O3. The van der Waals surface area contributed by atoms with E-state index in [-0.39, 0.29) is 0 Å². The first-order chi connectivity index (χ1) is 8.54. The number of urea groups is 1. The minimum Gasteiger partial charge on any atom is -0.480 e. The van der Waals surface area contributed by atoms with E-state index in [1.807, 2.05) is 0 Å². The molecule has 1 aromatic rings. The lowest BCUT2D eigenvalue weighted by molar-refractivity contribution is -0.150. The van der Waals surface area contributed by atoms with Crippen molar-refractivity contribution in [1.82, 2.24) is 15.1 Å². The molecule has 7 nitrogen and oxygen atoms in total. The van der Waals surface area contributed by atoms with Crippen LogP contribution < -0.4 is 5.32 Å². The van der Waals surface area contributed by atoms with Gasteiger partial charge in [0.25, 0.3) is 0 Å². The minimum absolute atomic E-state index is 0.402. The van der Waals surface area contributed by atoms with Crippen LogP contribution in [0.4, 0.5) is 10.5 Å². The normalized spacial score (nSPS) is 23.7. The lowest BCUT2D eigenvalue weighted by atomic mass is 9.89. The minimum atomic E-state index is -1.13. The number of anilines is 1. The third kappa shape index (κ3) is 2.15. The molecule has 3 N–H and O–H groups in total. The Morgan fingerprint density at radius 3 is 2.94 bits per heavy atom. The fourth-order valence-electron chi connectivity index (χ4n) is 2.18. The van der Waals surface area contributed by atoms with Crippen molar-refractivity contribution in [2.75, 3.05) is 11.9 Å². The number of hydrogen-bond donors (Lipinski definition) is 3. The van der Waals surface area contributed by atoms with Crippen molar-refractivity contribution in [3.05, 3.63) is 12.4 Å². The maximum absolute atomic E-state index is 12.1. The zero-order valence-corrected chi connectivity index (χ0v) is 10.1. The van der Waals surface area contributed by atoms with Crippen molar-refractivity contribution in [2.24, 2.45) is 0 Å². The van der Waals surface area contributed by atoms with Crippen molar-refractivity contribution in [2.45, 2.75) is 31.7 Å². The Bertz CT molecular complexity index is 445. The molecule has 0 aromatic carbocycles. The first-order valence-corrected chi connectivity index (χ1v) is 5.85. The maximum atomic E-state index is 12.1. The van der Waals surface area contributed by atoms with Crippen molar-refractivity contribution >= 4 is 17.7 Å². The summed E-state index contributed by atoms with van der Waals surface area (Å²) in [4.78, 5) is 24.8. The van der Waals surface area contributed by atoms with Crippen LogP contribution in [0.2, 0.25) is 0 Å². The van der Waals surface area contributed by atoms with Crippen LogP contribution in [0.3, 0.4) is 0 Å². The van der Waals surface area contributed by atoms with Crippen LogP contribution >= 0.6 is 0 Å². The number of aromatic nitrogens is 2. The Balaban J connectivity index is 2.14. The van der Waals surface area contributed by atoms with E-state index >= 15 is 0 Å². The summed E-state index contributed by atoms with van der Waals surface area (Å²) in [7, 11) is 0. The topological polar surface area (TPSA) is 98.3 Å². The number of carbonyl (C=O) groups is 2. The number of nitrogens with zero attached hydrogens (tertiary/aromatic N) is 2. The average Bonchev–Trinajstić information content (AvgIpc) is 2.82. The van der Waals surface area contributed by atoms with Gasteiger partial charge in [-0.15, -0.1) is 0 Å². The summed E-state index contributed by atoms with van der Waals surface area (Å²) in [5, 5.41) is 18.2. The van der Waals surface area contributed by atoms with Crippen LogP contribution in [0, 0.1) is 0 Å². The predicted molar refractivity (Wildman–Crippen MR) is 64.2 cm³/mol. The molecule has 1 aliphatic heterocycles. The number of hydrogen-bond acceptors (Lipinski definition) is 3. The fourth-order valence-corrected chi connectivity index (χ4v) is 2.18. The molecule has 1 saturated heterocycles. The number of amides is 2. The zero-order valence-electron chi connectivity index (χ0n) is 10.1. The molecule has 0 radical (unpaired) electrons. The predicted octanol–water partition coefficient (Wildman–Crippen LogP) is 1.27. The summed E-state index contributed by atoms with van der Waals surface area (Å²) < 4.78 is 0. The van der Waals surface area contributed by atoms with Gasteiger partial charge >= 0.3 is 12.0 Å². The van der Waals surface area contributed by atoms with Gasteiger partial charge in [0.15, 0.2) is 0 Å². The van der Waals surface area contributed by atoms with Crippen LogP contribution in [-0.4, -0.2) is 44.3 Å². The Labute approximate surface area is 104 Å². The lowest BCUT2D eigenvalue weighted by Crippen LogP contribution is -2.58. The zero-order chi connectivity index (χ0) is 13.2. The molecule has 0 saturated carbocycles. The van der Waals surface area contributed by atoms with E-state index in [2.05, 4.69) is 15.5 Å². The van der Waals surface area contributed by atoms with Gasteiger partial charge in [-0.1, -0.05) is 0 Å². The molecule has 2 rings (SSSR count). The van der Waals surface area contributed by atoms with Crippen molar-refractivity contribution in [1.29, 1.82) is 0 Å². The van der Waals surface area contributed by atoms with Gasteiger partial charge in [-0.25, -0.2) is 9.59 Å². The Morgan fingerprint density at radius 2 is 2.33 bits per heavy atom. The number of H-pyrrole nitrogens is 1. The van der Waals surface area contributed by atoms with E-state index < -0.39 is 17.5 Å². The maximum Gasteiger partial charge on any atom is 0.329 e. The summed E-state index contributed by atoms with van der Waals surface area (Å²) in [6.45, 7) is 2.04. The Hall–Kier alpha value is -2.05. The smallest absolute Gasteiger partial charge is 0.329 e. The monoisotopic (exact) mass is 252 g/mol. The number of nitrogens with one attached hydrogen (secondary N) is 2. The number of aromatic amines is 1. The van der Waals surface area contributed by atoms with E-state index in [9.17, 15) is 14.7 Å². The van der Waals surface area contributed by atoms with E-state index in [0.29, 0.717) is 18.7 Å². The quantitative estimate of drug-likeness (QED) is 0.738. The highest BCUT2D eigenvalue weighted by Crippen LogP contribution is 2.28. The van der Waals surface area contributed by atoms with Gasteiger partial charge in [-0.05, 0) is 26.2 Å². The molecule has 2 heterocycles. The van der Waals surface area contributed by atoms with Gasteiger partial charge in [0.05, 0.1) is 11.9 Å². The van der Waals surface area contributed by atoms with Crippen molar-refractivity contribution in [3.8, 4) is 0 Å². The van der Waals surface area contributed by atoms with Crippen LogP contribution in [-0.2, 0) is 4.79 Å². The van der Waals surface area contributed by atoms with Gasteiger partial charge in [0.1, 0.15) is 5.54 Å². The summed E-state index contributed by atoms with van der Waals surface area (Å²) in [6, 6.07) is -0.402. The van der Waals surface area contributed by atoms with Crippen molar-refractivity contribution < 1.29 is 14.7 Å². The second-order valence-corrected chi connectivity index (χ2v) is 4.60.